The maximum absolute atomic E-state index is 14.2. The first kappa shape index (κ1) is 17.4. The third-order valence-electron chi connectivity index (χ3n) is 5.36. The molecule has 8 heteroatoms. The Morgan fingerprint density at radius 1 is 1.00 bits per heavy atom. The summed E-state index contributed by atoms with van der Waals surface area (Å²) in [7, 11) is 0. The van der Waals surface area contributed by atoms with Crippen LogP contribution >= 0.6 is 0 Å². The fraction of sp³-hybridized carbons (Fsp3) is 0.300. The second kappa shape index (κ2) is 6.72. The van der Waals surface area contributed by atoms with Gasteiger partial charge in [0.25, 0.3) is 0 Å². The van der Waals surface area contributed by atoms with Gasteiger partial charge in [-0.3, -0.25) is 4.90 Å². The predicted molar refractivity (Wildman–Crippen MR) is 94.7 cm³/mol. The summed E-state index contributed by atoms with van der Waals surface area (Å²) in [5.74, 6) is -1.56. The smallest absolute Gasteiger partial charge is 0.135 e. The van der Waals surface area contributed by atoms with E-state index < -0.39 is 11.6 Å². The minimum atomic E-state index is -0.671. The number of likely N-dealkylation sites (tertiary alicyclic amines) is 1. The predicted octanol–water partition coefficient (Wildman–Crippen LogP) is 3.32. The van der Waals surface area contributed by atoms with Gasteiger partial charge in [-0.2, -0.15) is 0 Å². The van der Waals surface area contributed by atoms with E-state index >= 15 is 0 Å². The van der Waals surface area contributed by atoms with E-state index in [1.807, 2.05) is 0 Å². The molecule has 3 aromatic rings. The Labute approximate surface area is 159 Å². The molecule has 1 aromatic heterocycles. The zero-order chi connectivity index (χ0) is 19.3. The van der Waals surface area contributed by atoms with Crippen LogP contribution < -0.4 is 0 Å². The Hall–Kier alpha value is -2.71. The van der Waals surface area contributed by atoms with Crippen LogP contribution in [0.15, 0.2) is 42.5 Å². The summed E-state index contributed by atoms with van der Waals surface area (Å²) in [6, 6.07) is 9.83. The second-order valence-corrected chi connectivity index (χ2v) is 7.19. The number of halogens is 3. The van der Waals surface area contributed by atoms with E-state index in [0.29, 0.717) is 24.5 Å². The molecule has 1 fully saturated rings. The number of benzene rings is 2. The topological polar surface area (TPSA) is 43.2 Å². The Kier molecular flexibility index (Phi) is 4.17. The van der Waals surface area contributed by atoms with Crippen molar-refractivity contribution in [3.63, 3.8) is 0 Å². The second-order valence-electron chi connectivity index (χ2n) is 7.19. The third-order valence-corrected chi connectivity index (χ3v) is 5.36. The van der Waals surface area contributed by atoms with Gasteiger partial charge in [0.05, 0.1) is 24.4 Å². The lowest BCUT2D eigenvalue weighted by Crippen LogP contribution is -2.32. The first-order valence-electron chi connectivity index (χ1n) is 9.06. The van der Waals surface area contributed by atoms with Crippen LogP contribution in [0.3, 0.4) is 0 Å². The molecule has 5 rings (SSSR count). The molecule has 2 aromatic carbocycles. The number of fused-ring (bicyclic) bond motifs is 3. The molecule has 1 saturated heterocycles. The van der Waals surface area contributed by atoms with Crippen molar-refractivity contribution in [1.82, 2.24) is 19.9 Å². The van der Waals surface area contributed by atoms with Gasteiger partial charge in [-0.25, -0.2) is 17.9 Å². The summed E-state index contributed by atoms with van der Waals surface area (Å²) in [4.78, 5) is 2.22. The molecular formula is C20H17F3N4O. The van der Waals surface area contributed by atoms with E-state index in [2.05, 4.69) is 15.2 Å². The van der Waals surface area contributed by atoms with Crippen LogP contribution in [0.1, 0.15) is 17.3 Å². The van der Waals surface area contributed by atoms with E-state index in [1.165, 1.54) is 24.3 Å². The van der Waals surface area contributed by atoms with Crippen molar-refractivity contribution in [2.75, 3.05) is 13.1 Å². The molecule has 2 aliphatic rings. The third kappa shape index (κ3) is 2.98. The molecule has 0 unspecified atom stereocenters. The quantitative estimate of drug-likeness (QED) is 0.693. The highest BCUT2D eigenvalue weighted by atomic mass is 19.1. The SMILES string of the molecule is Fc1ccc(CN2C[C@@H]3[C@@H](C2)OCc2c(-c4ccc(F)cc4F)nnn23)cc1. The van der Waals surface area contributed by atoms with Crippen LogP contribution in [0.5, 0.6) is 0 Å². The maximum atomic E-state index is 14.2. The molecule has 0 N–H and O–H groups in total. The summed E-state index contributed by atoms with van der Waals surface area (Å²) < 4.78 is 48.3. The lowest BCUT2D eigenvalue weighted by Gasteiger charge is -2.26. The Morgan fingerprint density at radius 3 is 2.57 bits per heavy atom. The summed E-state index contributed by atoms with van der Waals surface area (Å²) in [5, 5.41) is 8.39. The standard InChI is InChI=1S/C20H17F3N4O/c21-13-3-1-12(2-4-13)8-26-9-17-19(10-26)28-11-18-20(24-25-27(17)18)15-6-5-14(22)7-16(15)23/h1-7,17,19H,8-11H2/t17-,19-/m1/s1. The van der Waals surface area contributed by atoms with E-state index in [4.69, 9.17) is 4.74 Å². The molecule has 0 saturated carbocycles. The van der Waals surface area contributed by atoms with Crippen LogP contribution in [-0.2, 0) is 17.9 Å². The number of rotatable bonds is 3. The summed E-state index contributed by atoms with van der Waals surface area (Å²) in [6.07, 6.45) is -0.0411. The van der Waals surface area contributed by atoms with Crippen LogP contribution in [-0.4, -0.2) is 39.1 Å². The molecule has 2 atom stereocenters. The number of ether oxygens (including phenoxy) is 1. The molecule has 3 heterocycles. The summed E-state index contributed by atoms with van der Waals surface area (Å²) in [5.41, 5.74) is 2.31. The molecule has 0 radical (unpaired) electrons. The van der Waals surface area contributed by atoms with E-state index in [-0.39, 0.29) is 30.1 Å². The Balaban J connectivity index is 1.39. The summed E-state index contributed by atoms with van der Waals surface area (Å²) >= 11 is 0. The number of hydrogen-bond acceptors (Lipinski definition) is 4. The van der Waals surface area contributed by atoms with Gasteiger partial charge in [0.1, 0.15) is 23.1 Å². The lowest BCUT2D eigenvalue weighted by atomic mass is 10.1. The van der Waals surface area contributed by atoms with Gasteiger partial charge >= 0.3 is 0 Å². The maximum Gasteiger partial charge on any atom is 0.135 e. The fourth-order valence-corrected chi connectivity index (χ4v) is 4.00. The molecule has 0 aliphatic carbocycles. The van der Waals surface area contributed by atoms with Crippen molar-refractivity contribution >= 4 is 0 Å². The first-order chi connectivity index (χ1) is 13.6. The van der Waals surface area contributed by atoms with Crippen molar-refractivity contribution in [2.24, 2.45) is 0 Å². The molecule has 2 aliphatic heterocycles. The number of nitrogens with zero attached hydrogens (tertiary/aromatic N) is 4. The molecule has 0 bridgehead atoms. The fourth-order valence-electron chi connectivity index (χ4n) is 4.00. The van der Waals surface area contributed by atoms with Crippen LogP contribution in [0.4, 0.5) is 13.2 Å². The highest BCUT2D eigenvalue weighted by Crippen LogP contribution is 2.35. The monoisotopic (exact) mass is 386 g/mol. The molecule has 0 amide bonds. The minimum absolute atomic E-state index is 0.0334. The average Bonchev–Trinajstić information content (AvgIpc) is 3.27. The van der Waals surface area contributed by atoms with Crippen LogP contribution in [0.2, 0.25) is 0 Å². The first-order valence-corrected chi connectivity index (χ1v) is 9.06. The van der Waals surface area contributed by atoms with Crippen molar-refractivity contribution in [1.29, 1.82) is 0 Å². The lowest BCUT2D eigenvalue weighted by molar-refractivity contribution is -0.00494. The van der Waals surface area contributed by atoms with Crippen LogP contribution in [0.25, 0.3) is 11.3 Å². The molecule has 5 nitrogen and oxygen atoms in total. The average molecular weight is 386 g/mol. The number of hydrogen-bond donors (Lipinski definition) is 0. The molecule has 144 valence electrons. The largest absolute Gasteiger partial charge is 0.368 e. The van der Waals surface area contributed by atoms with Gasteiger partial charge in [-0.15, -0.1) is 5.10 Å². The van der Waals surface area contributed by atoms with Crippen molar-refractivity contribution in [2.45, 2.75) is 25.3 Å². The van der Waals surface area contributed by atoms with Crippen molar-refractivity contribution in [3.8, 4) is 11.3 Å². The van der Waals surface area contributed by atoms with Gasteiger partial charge in [0.15, 0.2) is 0 Å². The van der Waals surface area contributed by atoms with E-state index in [0.717, 1.165) is 18.2 Å². The van der Waals surface area contributed by atoms with Crippen molar-refractivity contribution < 1.29 is 17.9 Å². The van der Waals surface area contributed by atoms with Gasteiger partial charge in [0.2, 0.25) is 0 Å². The highest BCUT2D eigenvalue weighted by Gasteiger charge is 2.40. The zero-order valence-electron chi connectivity index (χ0n) is 14.9. The van der Waals surface area contributed by atoms with Crippen molar-refractivity contribution in [3.05, 3.63) is 71.2 Å². The minimum Gasteiger partial charge on any atom is -0.368 e. The zero-order valence-corrected chi connectivity index (χ0v) is 14.9. The highest BCUT2D eigenvalue weighted by molar-refractivity contribution is 5.62. The number of aromatic nitrogens is 3. The Bertz CT molecular complexity index is 1020. The molecule has 28 heavy (non-hydrogen) atoms. The normalized spacial score (nSPS) is 21.5. The molecule has 0 spiro atoms. The van der Waals surface area contributed by atoms with E-state index in [9.17, 15) is 13.2 Å². The van der Waals surface area contributed by atoms with Gasteiger partial charge < -0.3 is 4.74 Å². The molecular weight excluding hydrogens is 369 g/mol. The van der Waals surface area contributed by atoms with Gasteiger partial charge in [-0.1, -0.05) is 17.3 Å². The summed E-state index contributed by atoms with van der Waals surface area (Å²) in [6.45, 7) is 2.37. The van der Waals surface area contributed by atoms with E-state index in [1.54, 1.807) is 16.8 Å². The van der Waals surface area contributed by atoms with Gasteiger partial charge in [-0.05, 0) is 29.8 Å². The Morgan fingerprint density at radius 2 is 1.79 bits per heavy atom. The van der Waals surface area contributed by atoms with Gasteiger partial charge in [0, 0.05) is 31.3 Å². The van der Waals surface area contributed by atoms with Crippen LogP contribution in [0, 0.1) is 17.5 Å².